The van der Waals surface area contributed by atoms with Gasteiger partial charge in [-0.1, -0.05) is 6.07 Å². The summed E-state index contributed by atoms with van der Waals surface area (Å²) < 4.78 is 45.7. The molecule has 0 atom stereocenters. The lowest BCUT2D eigenvalue weighted by Gasteiger charge is -2.10. The zero-order chi connectivity index (χ0) is 16.6. The maximum atomic E-state index is 13.8. The van der Waals surface area contributed by atoms with Gasteiger partial charge in [-0.3, -0.25) is 4.72 Å². The van der Waals surface area contributed by atoms with E-state index in [1.54, 1.807) is 13.0 Å². The second-order valence-electron chi connectivity index (χ2n) is 5.04. The lowest BCUT2D eigenvalue weighted by atomic mass is 10.2. The lowest BCUT2D eigenvalue weighted by Crippen LogP contribution is -2.14. The molecule has 3 rings (SSSR count). The van der Waals surface area contributed by atoms with Crippen LogP contribution in [-0.2, 0) is 10.0 Å². The monoisotopic (exact) mass is 333 g/mol. The average molecular weight is 333 g/mol. The highest BCUT2D eigenvalue weighted by molar-refractivity contribution is 7.92. The van der Waals surface area contributed by atoms with E-state index in [4.69, 9.17) is 4.42 Å². The first kappa shape index (κ1) is 15.2. The van der Waals surface area contributed by atoms with Crippen molar-refractivity contribution in [3.05, 3.63) is 70.3 Å². The van der Waals surface area contributed by atoms with Crippen LogP contribution in [-0.4, -0.2) is 8.42 Å². The standard InChI is InChI=1S/C16H12FNO4S/c1-10-2-5-14(13(17)8-10)18-23(20,21)12-4-6-15-11(9-12)3-7-16(19)22-15/h2-9,18H,1H3. The molecule has 0 unspecified atom stereocenters. The fourth-order valence-electron chi connectivity index (χ4n) is 2.12. The minimum atomic E-state index is -3.96. The highest BCUT2D eigenvalue weighted by Gasteiger charge is 2.17. The van der Waals surface area contributed by atoms with Gasteiger partial charge in [-0.05, 0) is 48.9 Å². The van der Waals surface area contributed by atoms with Crippen LogP contribution in [0.4, 0.5) is 10.1 Å². The topological polar surface area (TPSA) is 76.4 Å². The van der Waals surface area contributed by atoms with Crippen molar-refractivity contribution in [2.24, 2.45) is 0 Å². The van der Waals surface area contributed by atoms with Gasteiger partial charge in [0.25, 0.3) is 10.0 Å². The first-order valence-corrected chi connectivity index (χ1v) is 8.16. The normalized spacial score (nSPS) is 11.6. The number of hydrogen-bond donors (Lipinski definition) is 1. The molecule has 1 N–H and O–H groups in total. The van der Waals surface area contributed by atoms with Crippen LogP contribution in [0.2, 0.25) is 0 Å². The van der Waals surface area contributed by atoms with Gasteiger partial charge in [0.2, 0.25) is 0 Å². The van der Waals surface area contributed by atoms with Crippen LogP contribution in [0.5, 0.6) is 0 Å². The summed E-state index contributed by atoms with van der Waals surface area (Å²) in [5, 5.41) is 0.455. The predicted molar refractivity (Wildman–Crippen MR) is 84.4 cm³/mol. The lowest BCUT2D eigenvalue weighted by molar-refractivity contribution is 0.560. The number of hydrogen-bond acceptors (Lipinski definition) is 4. The molecule has 0 aliphatic heterocycles. The van der Waals surface area contributed by atoms with Gasteiger partial charge in [0.15, 0.2) is 0 Å². The number of aryl methyl sites for hydroxylation is 1. The molecule has 2 aromatic carbocycles. The summed E-state index contributed by atoms with van der Waals surface area (Å²) in [6.45, 7) is 1.71. The Morgan fingerprint density at radius 3 is 2.57 bits per heavy atom. The highest BCUT2D eigenvalue weighted by Crippen LogP contribution is 2.22. The van der Waals surface area contributed by atoms with Crippen molar-refractivity contribution in [3.8, 4) is 0 Å². The van der Waals surface area contributed by atoms with Crippen LogP contribution < -0.4 is 10.3 Å². The first-order valence-electron chi connectivity index (χ1n) is 6.68. The van der Waals surface area contributed by atoms with Gasteiger partial charge < -0.3 is 4.42 Å². The Morgan fingerprint density at radius 1 is 1.04 bits per heavy atom. The van der Waals surface area contributed by atoms with E-state index in [1.807, 2.05) is 0 Å². The number of nitrogens with one attached hydrogen (secondary N) is 1. The van der Waals surface area contributed by atoms with Gasteiger partial charge in [0.1, 0.15) is 11.4 Å². The van der Waals surface area contributed by atoms with Crippen LogP contribution in [0.25, 0.3) is 11.0 Å². The molecule has 1 heterocycles. The molecular formula is C16H12FNO4S. The number of anilines is 1. The molecule has 0 aliphatic rings. The minimum Gasteiger partial charge on any atom is -0.423 e. The van der Waals surface area contributed by atoms with E-state index in [0.717, 1.165) is 0 Å². The molecule has 3 aromatic rings. The smallest absolute Gasteiger partial charge is 0.336 e. The van der Waals surface area contributed by atoms with E-state index in [0.29, 0.717) is 10.9 Å². The van der Waals surface area contributed by atoms with Crippen molar-refractivity contribution in [3.63, 3.8) is 0 Å². The van der Waals surface area contributed by atoms with Crippen molar-refractivity contribution in [1.29, 1.82) is 0 Å². The van der Waals surface area contributed by atoms with Crippen LogP contribution in [0, 0.1) is 12.7 Å². The molecule has 7 heteroatoms. The molecule has 0 fully saturated rings. The quantitative estimate of drug-likeness (QED) is 0.748. The third-order valence-electron chi connectivity index (χ3n) is 3.27. The summed E-state index contributed by atoms with van der Waals surface area (Å²) >= 11 is 0. The van der Waals surface area contributed by atoms with Crippen molar-refractivity contribution in [2.45, 2.75) is 11.8 Å². The van der Waals surface area contributed by atoms with E-state index in [9.17, 15) is 17.6 Å². The Hall–Kier alpha value is -2.67. The Labute approximate surface area is 131 Å². The van der Waals surface area contributed by atoms with Crippen molar-refractivity contribution < 1.29 is 17.2 Å². The summed E-state index contributed by atoms with van der Waals surface area (Å²) in [4.78, 5) is 11.1. The summed E-state index contributed by atoms with van der Waals surface area (Å²) in [5.41, 5.74) is 0.312. The Bertz CT molecular complexity index is 1060. The summed E-state index contributed by atoms with van der Waals surface area (Å²) in [6, 6.07) is 10.9. The summed E-state index contributed by atoms with van der Waals surface area (Å²) in [5.74, 6) is -0.652. The number of rotatable bonds is 3. The van der Waals surface area contributed by atoms with Gasteiger partial charge in [-0.25, -0.2) is 17.6 Å². The Kier molecular flexibility index (Phi) is 3.65. The van der Waals surface area contributed by atoms with E-state index in [-0.39, 0.29) is 16.2 Å². The molecule has 5 nitrogen and oxygen atoms in total. The first-order chi connectivity index (χ1) is 10.8. The van der Waals surface area contributed by atoms with Crippen LogP contribution in [0.1, 0.15) is 5.56 Å². The Morgan fingerprint density at radius 2 is 1.83 bits per heavy atom. The van der Waals surface area contributed by atoms with Gasteiger partial charge in [0, 0.05) is 11.5 Å². The van der Waals surface area contributed by atoms with Crippen LogP contribution >= 0.6 is 0 Å². The third-order valence-corrected chi connectivity index (χ3v) is 4.63. The third kappa shape index (κ3) is 3.09. The van der Waals surface area contributed by atoms with Crippen LogP contribution in [0.15, 0.2) is 62.6 Å². The number of sulfonamides is 1. The second-order valence-corrected chi connectivity index (χ2v) is 6.73. The number of fused-ring (bicyclic) bond motifs is 1. The van der Waals surface area contributed by atoms with Gasteiger partial charge in [-0.15, -0.1) is 0 Å². The number of benzene rings is 2. The van der Waals surface area contributed by atoms with E-state index in [1.165, 1.54) is 42.5 Å². The van der Waals surface area contributed by atoms with E-state index >= 15 is 0 Å². The number of halogens is 1. The average Bonchev–Trinajstić information content (AvgIpc) is 2.49. The summed E-state index contributed by atoms with van der Waals surface area (Å²) in [7, 11) is -3.96. The maximum Gasteiger partial charge on any atom is 0.336 e. The van der Waals surface area contributed by atoms with Gasteiger partial charge in [0.05, 0.1) is 10.6 Å². The maximum absolute atomic E-state index is 13.8. The molecule has 0 spiro atoms. The molecule has 0 radical (unpaired) electrons. The zero-order valence-electron chi connectivity index (χ0n) is 12.0. The van der Waals surface area contributed by atoms with Gasteiger partial charge >= 0.3 is 5.63 Å². The van der Waals surface area contributed by atoms with E-state index < -0.39 is 21.5 Å². The SMILES string of the molecule is Cc1ccc(NS(=O)(=O)c2ccc3oc(=O)ccc3c2)c(F)c1. The largest absolute Gasteiger partial charge is 0.423 e. The molecule has 0 saturated heterocycles. The molecule has 1 aromatic heterocycles. The molecule has 0 bridgehead atoms. The minimum absolute atomic E-state index is 0.0566. The molecule has 23 heavy (non-hydrogen) atoms. The van der Waals surface area contributed by atoms with Crippen molar-refractivity contribution in [1.82, 2.24) is 0 Å². The fraction of sp³-hybridized carbons (Fsp3) is 0.0625. The zero-order valence-corrected chi connectivity index (χ0v) is 12.9. The molecule has 0 aliphatic carbocycles. The molecule has 0 amide bonds. The predicted octanol–water partition coefficient (Wildman–Crippen LogP) is 3.04. The Balaban J connectivity index is 2.02. The van der Waals surface area contributed by atoms with Crippen LogP contribution in [0.3, 0.4) is 0 Å². The summed E-state index contributed by atoms with van der Waals surface area (Å²) in [6.07, 6.45) is 0. The van der Waals surface area contributed by atoms with E-state index in [2.05, 4.69) is 4.72 Å². The highest BCUT2D eigenvalue weighted by atomic mass is 32.2. The molecule has 0 saturated carbocycles. The molecular weight excluding hydrogens is 321 g/mol. The van der Waals surface area contributed by atoms with Gasteiger partial charge in [-0.2, -0.15) is 0 Å². The van der Waals surface area contributed by atoms with Crippen molar-refractivity contribution >= 4 is 26.7 Å². The fourth-order valence-corrected chi connectivity index (χ4v) is 3.23. The second kappa shape index (κ2) is 5.51. The molecule has 118 valence electrons. The van der Waals surface area contributed by atoms with Crippen molar-refractivity contribution in [2.75, 3.05) is 4.72 Å².